The smallest absolute Gasteiger partial charge is 0.277 e. The van der Waals surface area contributed by atoms with E-state index in [1.54, 1.807) is 14.0 Å². The van der Waals surface area contributed by atoms with Gasteiger partial charge in [-0.1, -0.05) is 30.8 Å². The van der Waals surface area contributed by atoms with Crippen LogP contribution in [0.25, 0.3) is 0 Å². The van der Waals surface area contributed by atoms with E-state index in [1.807, 2.05) is 24.3 Å². The first-order valence-corrected chi connectivity index (χ1v) is 7.38. The molecule has 0 amide bonds. The van der Waals surface area contributed by atoms with E-state index in [0.717, 1.165) is 17.7 Å². The average Bonchev–Trinajstić information content (AvgIpc) is 2.89. The normalized spacial score (nSPS) is 14.0. The fourth-order valence-electron chi connectivity index (χ4n) is 1.84. The second-order valence-corrected chi connectivity index (χ2v) is 5.56. The molecule has 0 aliphatic heterocycles. The first-order chi connectivity index (χ1) is 9.63. The molecule has 108 valence electrons. The molecular weight excluding hydrogens is 274 g/mol. The average molecular weight is 293 g/mol. The molecule has 0 spiro atoms. The molecule has 20 heavy (non-hydrogen) atoms. The van der Waals surface area contributed by atoms with Crippen LogP contribution in [0.5, 0.6) is 5.75 Å². The van der Waals surface area contributed by atoms with Gasteiger partial charge in [-0.2, -0.15) is 0 Å². The number of hydrogen-bond acceptors (Lipinski definition) is 6. The summed E-state index contributed by atoms with van der Waals surface area (Å²) < 4.78 is 10.6. The van der Waals surface area contributed by atoms with Gasteiger partial charge in [0.15, 0.2) is 0 Å². The molecule has 1 aromatic heterocycles. The Kier molecular flexibility index (Phi) is 5.03. The van der Waals surface area contributed by atoms with Crippen LogP contribution in [0, 0.1) is 6.92 Å². The van der Waals surface area contributed by atoms with Crippen molar-refractivity contribution >= 4 is 11.8 Å². The highest BCUT2D eigenvalue weighted by atomic mass is 32.2. The van der Waals surface area contributed by atoms with Crippen molar-refractivity contribution < 1.29 is 9.15 Å². The maximum Gasteiger partial charge on any atom is 0.277 e. The Morgan fingerprint density at radius 1 is 1.30 bits per heavy atom. The van der Waals surface area contributed by atoms with Crippen LogP contribution in [-0.4, -0.2) is 23.3 Å². The van der Waals surface area contributed by atoms with Crippen LogP contribution in [0.4, 0.5) is 0 Å². The second kappa shape index (κ2) is 6.76. The maximum atomic E-state index is 6.23. The summed E-state index contributed by atoms with van der Waals surface area (Å²) in [5.74, 6) is 1.39. The van der Waals surface area contributed by atoms with Crippen LogP contribution >= 0.6 is 11.8 Å². The number of benzene rings is 1. The van der Waals surface area contributed by atoms with E-state index in [4.69, 9.17) is 14.9 Å². The predicted molar refractivity (Wildman–Crippen MR) is 78.9 cm³/mol. The van der Waals surface area contributed by atoms with E-state index in [2.05, 4.69) is 17.1 Å². The SMILES string of the molecule is CCC(N)C(Sc1nnc(C)o1)c1ccc(OC)cc1. The minimum atomic E-state index is 0.0144. The van der Waals surface area contributed by atoms with Gasteiger partial charge in [-0.05, 0) is 24.1 Å². The van der Waals surface area contributed by atoms with Gasteiger partial charge in [0.05, 0.1) is 12.4 Å². The first-order valence-electron chi connectivity index (χ1n) is 6.50. The minimum absolute atomic E-state index is 0.0144. The number of aryl methyl sites for hydroxylation is 1. The van der Waals surface area contributed by atoms with Crippen molar-refractivity contribution in [3.8, 4) is 5.75 Å². The van der Waals surface area contributed by atoms with Crippen LogP contribution in [-0.2, 0) is 0 Å². The molecule has 2 atom stereocenters. The fraction of sp³-hybridized carbons (Fsp3) is 0.429. The number of nitrogens with zero attached hydrogens (tertiary/aromatic N) is 2. The lowest BCUT2D eigenvalue weighted by molar-refractivity contribution is 0.414. The van der Waals surface area contributed by atoms with Crippen LogP contribution < -0.4 is 10.5 Å². The molecule has 2 N–H and O–H groups in total. The van der Waals surface area contributed by atoms with E-state index in [0.29, 0.717) is 11.1 Å². The molecule has 0 fully saturated rings. The van der Waals surface area contributed by atoms with E-state index in [-0.39, 0.29) is 11.3 Å². The van der Waals surface area contributed by atoms with Crippen molar-refractivity contribution in [1.82, 2.24) is 10.2 Å². The van der Waals surface area contributed by atoms with Gasteiger partial charge in [0.1, 0.15) is 5.75 Å². The number of hydrogen-bond donors (Lipinski definition) is 1. The molecule has 2 rings (SSSR count). The molecular formula is C14H19N3O2S. The van der Waals surface area contributed by atoms with Gasteiger partial charge < -0.3 is 14.9 Å². The molecule has 0 bridgehead atoms. The van der Waals surface area contributed by atoms with Crippen molar-refractivity contribution in [3.63, 3.8) is 0 Å². The molecule has 0 saturated heterocycles. The summed E-state index contributed by atoms with van der Waals surface area (Å²) in [6.07, 6.45) is 0.872. The summed E-state index contributed by atoms with van der Waals surface area (Å²) in [5.41, 5.74) is 7.36. The van der Waals surface area contributed by atoms with Crippen molar-refractivity contribution in [3.05, 3.63) is 35.7 Å². The third-order valence-electron chi connectivity index (χ3n) is 3.04. The summed E-state index contributed by atoms with van der Waals surface area (Å²) in [7, 11) is 1.65. The van der Waals surface area contributed by atoms with E-state index >= 15 is 0 Å². The van der Waals surface area contributed by atoms with Gasteiger partial charge >= 0.3 is 0 Å². The zero-order valence-electron chi connectivity index (χ0n) is 11.9. The first kappa shape index (κ1) is 14.9. The lowest BCUT2D eigenvalue weighted by atomic mass is 10.0. The lowest BCUT2D eigenvalue weighted by Crippen LogP contribution is -2.25. The number of nitrogens with two attached hydrogens (primary N) is 1. The number of ether oxygens (including phenoxy) is 1. The summed E-state index contributed by atoms with van der Waals surface area (Å²) >= 11 is 1.50. The van der Waals surface area contributed by atoms with Crippen molar-refractivity contribution in [2.24, 2.45) is 5.73 Å². The second-order valence-electron chi connectivity index (χ2n) is 4.47. The van der Waals surface area contributed by atoms with Gasteiger partial charge in [-0.3, -0.25) is 0 Å². The molecule has 0 radical (unpaired) electrons. The van der Waals surface area contributed by atoms with Gasteiger partial charge in [-0.25, -0.2) is 0 Å². The Morgan fingerprint density at radius 3 is 2.50 bits per heavy atom. The predicted octanol–water partition coefficient (Wildman–Crippen LogP) is 2.96. The molecule has 2 aromatic rings. The zero-order chi connectivity index (χ0) is 14.5. The number of methoxy groups -OCH3 is 1. The van der Waals surface area contributed by atoms with E-state index < -0.39 is 0 Å². The number of thioether (sulfide) groups is 1. The summed E-state index contributed by atoms with van der Waals surface area (Å²) in [6.45, 7) is 3.85. The summed E-state index contributed by atoms with van der Waals surface area (Å²) in [4.78, 5) is 0. The number of rotatable bonds is 6. The molecule has 2 unspecified atom stereocenters. The van der Waals surface area contributed by atoms with Crippen LogP contribution in [0.1, 0.15) is 30.0 Å². The van der Waals surface area contributed by atoms with Crippen LogP contribution in [0.2, 0.25) is 0 Å². The van der Waals surface area contributed by atoms with E-state index in [9.17, 15) is 0 Å². The lowest BCUT2D eigenvalue weighted by Gasteiger charge is -2.21. The van der Waals surface area contributed by atoms with Gasteiger partial charge in [0, 0.05) is 13.0 Å². The molecule has 1 heterocycles. The Morgan fingerprint density at radius 2 is 2.00 bits per heavy atom. The van der Waals surface area contributed by atoms with Crippen molar-refractivity contribution in [2.45, 2.75) is 36.8 Å². The summed E-state index contributed by atoms with van der Waals surface area (Å²) in [6, 6.07) is 7.93. The third-order valence-corrected chi connectivity index (χ3v) is 4.28. The standard InChI is InChI=1S/C14H19N3O2S/c1-4-12(15)13(20-14-17-16-9(2)19-14)10-5-7-11(18-3)8-6-10/h5-8,12-13H,4,15H2,1-3H3. The third kappa shape index (κ3) is 3.52. The van der Waals surface area contributed by atoms with Gasteiger partial charge in [0.2, 0.25) is 5.89 Å². The zero-order valence-corrected chi connectivity index (χ0v) is 12.7. The van der Waals surface area contributed by atoms with Crippen LogP contribution in [0.3, 0.4) is 0 Å². The Bertz CT molecular complexity index is 542. The van der Waals surface area contributed by atoms with Crippen LogP contribution in [0.15, 0.2) is 33.9 Å². The molecule has 0 aliphatic rings. The monoisotopic (exact) mass is 293 g/mol. The highest BCUT2D eigenvalue weighted by Gasteiger charge is 2.22. The summed E-state index contributed by atoms with van der Waals surface area (Å²) in [5, 5.41) is 8.50. The van der Waals surface area contributed by atoms with Crippen molar-refractivity contribution in [2.75, 3.05) is 7.11 Å². The largest absolute Gasteiger partial charge is 0.497 e. The van der Waals surface area contributed by atoms with Gasteiger partial charge in [-0.15, -0.1) is 10.2 Å². The quantitative estimate of drug-likeness (QED) is 0.825. The van der Waals surface area contributed by atoms with Crippen molar-refractivity contribution in [1.29, 1.82) is 0 Å². The molecule has 0 aliphatic carbocycles. The highest BCUT2D eigenvalue weighted by Crippen LogP contribution is 2.37. The topological polar surface area (TPSA) is 74.2 Å². The Hall–Kier alpha value is -1.53. The maximum absolute atomic E-state index is 6.23. The molecule has 0 saturated carbocycles. The Labute approximate surface area is 122 Å². The van der Waals surface area contributed by atoms with E-state index in [1.165, 1.54) is 11.8 Å². The Balaban J connectivity index is 2.22. The molecule has 5 nitrogen and oxygen atoms in total. The fourth-order valence-corrected chi connectivity index (χ4v) is 2.98. The minimum Gasteiger partial charge on any atom is -0.497 e. The molecule has 1 aromatic carbocycles. The van der Waals surface area contributed by atoms with Gasteiger partial charge in [0.25, 0.3) is 5.22 Å². The highest BCUT2D eigenvalue weighted by molar-refractivity contribution is 7.99. The molecule has 6 heteroatoms. The number of aromatic nitrogens is 2.